The number of amides is 1. The molecule has 1 aromatic heterocycles. The molecule has 0 unspecified atom stereocenters. The highest BCUT2D eigenvalue weighted by atomic mass is 35.5. The molecule has 0 bridgehead atoms. The Morgan fingerprint density at radius 1 is 1.13 bits per heavy atom. The lowest BCUT2D eigenvalue weighted by atomic mass is 9.98. The molecule has 152 valence electrons. The van der Waals surface area contributed by atoms with Gasteiger partial charge in [-0.25, -0.2) is 14.8 Å². The Kier molecular flexibility index (Phi) is 5.95. The van der Waals surface area contributed by atoms with Crippen LogP contribution in [0.25, 0.3) is 17.2 Å². The summed E-state index contributed by atoms with van der Waals surface area (Å²) in [4.78, 5) is 20.2. The number of nitrogen functional groups attached to an aromatic ring is 1. The average molecular weight is 421 g/mol. The Morgan fingerprint density at radius 2 is 1.80 bits per heavy atom. The maximum atomic E-state index is 12.1. The van der Waals surface area contributed by atoms with E-state index in [0.29, 0.717) is 25.3 Å². The van der Waals surface area contributed by atoms with Crippen LogP contribution in [0.2, 0.25) is 5.15 Å². The zero-order chi connectivity index (χ0) is 20.9. The maximum Gasteiger partial charge on any atom is 0.407 e. The van der Waals surface area contributed by atoms with Crippen molar-refractivity contribution in [2.45, 2.75) is 12.3 Å². The van der Waals surface area contributed by atoms with E-state index in [9.17, 15) is 4.79 Å². The van der Waals surface area contributed by atoms with Gasteiger partial charge in [-0.3, -0.25) is 0 Å². The lowest BCUT2D eigenvalue weighted by Crippen LogP contribution is -2.26. The third kappa shape index (κ3) is 4.28. The van der Waals surface area contributed by atoms with Gasteiger partial charge < -0.3 is 15.8 Å². The second kappa shape index (κ2) is 8.97. The van der Waals surface area contributed by atoms with Gasteiger partial charge in [0.2, 0.25) is 0 Å². The summed E-state index contributed by atoms with van der Waals surface area (Å²) in [6.45, 7) is 0.736. The van der Waals surface area contributed by atoms with Crippen LogP contribution in [0.4, 0.5) is 10.6 Å². The van der Waals surface area contributed by atoms with Crippen LogP contribution in [0.5, 0.6) is 0 Å². The van der Waals surface area contributed by atoms with Crippen LogP contribution in [0.1, 0.15) is 29.2 Å². The summed E-state index contributed by atoms with van der Waals surface area (Å²) >= 11 is 5.97. The molecule has 3 N–H and O–H groups in total. The van der Waals surface area contributed by atoms with Crippen LogP contribution < -0.4 is 11.1 Å². The molecule has 1 heterocycles. The second-order valence-corrected chi connectivity index (χ2v) is 7.27. The van der Waals surface area contributed by atoms with Crippen molar-refractivity contribution in [2.75, 3.05) is 18.9 Å². The molecule has 1 aliphatic rings. The number of halogens is 1. The van der Waals surface area contributed by atoms with Gasteiger partial charge in [-0.1, -0.05) is 66.2 Å². The topological polar surface area (TPSA) is 90.1 Å². The standard InChI is InChI=1S/C23H21ClN4O2/c24-22-20(27-13-21(25)28-22)11-5-6-12-26-23(29)30-14-19-17-9-3-1-7-15(17)16-8-2-4-10-18(16)19/h1-5,7-11,13,19H,6,12,14H2,(H2,25,28)(H,26,29). The number of hydrogen-bond donors (Lipinski definition) is 2. The molecule has 0 saturated carbocycles. The smallest absolute Gasteiger partial charge is 0.407 e. The zero-order valence-electron chi connectivity index (χ0n) is 16.2. The summed E-state index contributed by atoms with van der Waals surface area (Å²) in [5, 5.41) is 3.01. The summed E-state index contributed by atoms with van der Waals surface area (Å²) in [5.74, 6) is 0.323. The first-order valence-corrected chi connectivity index (χ1v) is 10.0. The molecule has 4 rings (SSSR count). The number of hydrogen-bond acceptors (Lipinski definition) is 5. The molecule has 0 atom stereocenters. The number of nitrogens with one attached hydrogen (secondary N) is 1. The van der Waals surface area contributed by atoms with E-state index in [-0.39, 0.29) is 16.9 Å². The molecule has 0 spiro atoms. The van der Waals surface area contributed by atoms with Crippen molar-refractivity contribution in [3.63, 3.8) is 0 Å². The van der Waals surface area contributed by atoms with Crippen molar-refractivity contribution in [1.82, 2.24) is 15.3 Å². The second-order valence-electron chi connectivity index (χ2n) is 6.91. The third-order valence-electron chi connectivity index (χ3n) is 4.97. The van der Waals surface area contributed by atoms with Crippen LogP contribution in [-0.2, 0) is 4.74 Å². The van der Waals surface area contributed by atoms with Crippen molar-refractivity contribution in [2.24, 2.45) is 0 Å². The van der Waals surface area contributed by atoms with Gasteiger partial charge >= 0.3 is 6.09 Å². The Balaban J connectivity index is 1.28. The Morgan fingerprint density at radius 3 is 2.47 bits per heavy atom. The number of nitrogens with two attached hydrogens (primary N) is 1. The van der Waals surface area contributed by atoms with Crippen molar-refractivity contribution < 1.29 is 9.53 Å². The van der Waals surface area contributed by atoms with Gasteiger partial charge in [0.15, 0.2) is 5.15 Å². The molecule has 0 radical (unpaired) electrons. The van der Waals surface area contributed by atoms with Gasteiger partial charge in [-0.15, -0.1) is 0 Å². The fourth-order valence-corrected chi connectivity index (χ4v) is 3.81. The highest BCUT2D eigenvalue weighted by molar-refractivity contribution is 6.30. The van der Waals surface area contributed by atoms with Crippen LogP contribution in [0.15, 0.2) is 60.8 Å². The largest absolute Gasteiger partial charge is 0.449 e. The molecule has 1 amide bonds. The summed E-state index contributed by atoms with van der Waals surface area (Å²) in [6, 6.07) is 16.5. The van der Waals surface area contributed by atoms with Gasteiger partial charge in [0, 0.05) is 12.5 Å². The van der Waals surface area contributed by atoms with E-state index in [4.69, 9.17) is 22.1 Å². The van der Waals surface area contributed by atoms with Crippen molar-refractivity contribution in [1.29, 1.82) is 0 Å². The molecule has 7 heteroatoms. The number of alkyl carbamates (subject to hydrolysis) is 1. The number of nitrogens with zero attached hydrogens (tertiary/aromatic N) is 2. The quantitative estimate of drug-likeness (QED) is 0.566. The fourth-order valence-electron chi connectivity index (χ4n) is 3.60. The molecular weight excluding hydrogens is 400 g/mol. The van der Waals surface area contributed by atoms with Crippen molar-refractivity contribution >= 4 is 29.6 Å². The first-order chi connectivity index (χ1) is 14.6. The van der Waals surface area contributed by atoms with Gasteiger partial charge in [0.25, 0.3) is 0 Å². The Bertz CT molecular complexity index is 1050. The van der Waals surface area contributed by atoms with Crippen molar-refractivity contribution in [3.8, 4) is 11.1 Å². The van der Waals surface area contributed by atoms with E-state index in [1.54, 1.807) is 6.08 Å². The summed E-state index contributed by atoms with van der Waals surface area (Å²) in [6.07, 6.45) is 5.22. The molecule has 6 nitrogen and oxygen atoms in total. The van der Waals surface area contributed by atoms with Gasteiger partial charge in [-0.05, 0) is 34.8 Å². The monoisotopic (exact) mass is 420 g/mol. The van der Waals surface area contributed by atoms with E-state index < -0.39 is 6.09 Å². The summed E-state index contributed by atoms with van der Waals surface area (Å²) < 4.78 is 5.51. The minimum absolute atomic E-state index is 0.0503. The molecule has 0 aliphatic heterocycles. The normalized spacial score (nSPS) is 12.6. The van der Waals surface area contributed by atoms with E-state index in [2.05, 4.69) is 39.6 Å². The zero-order valence-corrected chi connectivity index (χ0v) is 17.0. The number of ether oxygens (including phenoxy) is 1. The van der Waals surface area contributed by atoms with Gasteiger partial charge in [0.05, 0.1) is 6.20 Å². The van der Waals surface area contributed by atoms with Crippen molar-refractivity contribution in [3.05, 3.63) is 82.8 Å². The molecule has 0 saturated heterocycles. The SMILES string of the molecule is Nc1cnc(C=CCCNC(=O)OCC2c3ccccc3-c3ccccc32)c(Cl)n1. The summed E-state index contributed by atoms with van der Waals surface area (Å²) in [5.41, 5.74) is 10.8. The Hall–Kier alpha value is -3.38. The number of rotatable bonds is 6. The number of benzene rings is 2. The first kappa shape index (κ1) is 19.9. The lowest BCUT2D eigenvalue weighted by Gasteiger charge is -2.14. The number of anilines is 1. The van der Waals surface area contributed by atoms with E-state index in [1.807, 2.05) is 30.3 Å². The number of aromatic nitrogens is 2. The fraction of sp³-hybridized carbons (Fsp3) is 0.174. The predicted molar refractivity (Wildman–Crippen MR) is 118 cm³/mol. The van der Waals surface area contributed by atoms with Crippen LogP contribution >= 0.6 is 11.6 Å². The maximum absolute atomic E-state index is 12.1. The minimum atomic E-state index is -0.435. The highest BCUT2D eigenvalue weighted by Gasteiger charge is 2.28. The van der Waals surface area contributed by atoms with Crippen LogP contribution in [0.3, 0.4) is 0 Å². The molecule has 2 aromatic carbocycles. The molecule has 1 aliphatic carbocycles. The highest BCUT2D eigenvalue weighted by Crippen LogP contribution is 2.44. The molecule has 0 fully saturated rings. The number of fused-ring (bicyclic) bond motifs is 3. The summed E-state index contributed by atoms with van der Waals surface area (Å²) in [7, 11) is 0. The van der Waals surface area contributed by atoms with E-state index in [1.165, 1.54) is 28.5 Å². The van der Waals surface area contributed by atoms with Crippen LogP contribution in [-0.4, -0.2) is 29.2 Å². The number of carbonyl (C=O) groups excluding carboxylic acids is 1. The van der Waals surface area contributed by atoms with Gasteiger partial charge in [-0.2, -0.15) is 0 Å². The van der Waals surface area contributed by atoms with E-state index in [0.717, 1.165) is 0 Å². The molecule has 30 heavy (non-hydrogen) atoms. The molecular formula is C23H21ClN4O2. The third-order valence-corrected chi connectivity index (χ3v) is 5.25. The number of carbonyl (C=O) groups is 1. The van der Waals surface area contributed by atoms with Crippen LogP contribution in [0, 0.1) is 0 Å². The minimum Gasteiger partial charge on any atom is -0.449 e. The average Bonchev–Trinajstić information content (AvgIpc) is 3.07. The first-order valence-electron chi connectivity index (χ1n) is 9.67. The van der Waals surface area contributed by atoms with Gasteiger partial charge in [0.1, 0.15) is 18.1 Å². The lowest BCUT2D eigenvalue weighted by molar-refractivity contribution is 0.143. The van der Waals surface area contributed by atoms with E-state index >= 15 is 0 Å². The molecule has 3 aromatic rings. The predicted octanol–water partition coefficient (Wildman–Crippen LogP) is 4.65. The Labute approximate surface area is 179 Å².